The van der Waals surface area contributed by atoms with Crippen molar-refractivity contribution in [3.05, 3.63) is 45.4 Å². The molecule has 0 radical (unpaired) electrons. The highest BCUT2D eigenvalue weighted by Gasteiger charge is 2.16. The highest BCUT2D eigenvalue weighted by molar-refractivity contribution is 7.98. The number of thiazole rings is 1. The molecule has 1 aromatic carbocycles. The topological polar surface area (TPSA) is 39.2 Å². The van der Waals surface area contributed by atoms with Crippen LogP contribution in [0.15, 0.2) is 29.2 Å². The number of aromatic nitrogens is 1. The zero-order valence-electron chi connectivity index (χ0n) is 11.8. The fourth-order valence-corrected chi connectivity index (χ4v) is 3.70. The lowest BCUT2D eigenvalue weighted by atomic mass is 10.2. The highest BCUT2D eigenvalue weighted by atomic mass is 32.2. The number of rotatable bonds is 5. The van der Waals surface area contributed by atoms with Gasteiger partial charge >= 0.3 is 5.97 Å². The third kappa shape index (κ3) is 3.61. The summed E-state index contributed by atoms with van der Waals surface area (Å²) < 4.78 is 5.00. The number of ether oxygens (including phenoxy) is 1. The molecule has 1 heterocycles. The average molecular weight is 307 g/mol. The first-order chi connectivity index (χ1) is 9.61. The molecule has 2 rings (SSSR count). The van der Waals surface area contributed by atoms with E-state index in [1.165, 1.54) is 10.5 Å². The summed E-state index contributed by atoms with van der Waals surface area (Å²) in [5, 5.41) is 0.957. The van der Waals surface area contributed by atoms with Crippen LogP contribution in [0.1, 0.15) is 32.9 Å². The van der Waals surface area contributed by atoms with Crippen LogP contribution in [0, 0.1) is 13.8 Å². The molecule has 0 aliphatic carbocycles. The molecule has 5 heteroatoms. The highest BCUT2D eigenvalue weighted by Crippen LogP contribution is 2.28. The predicted octanol–water partition coefficient (Wildman–Crippen LogP) is 4.23. The lowest BCUT2D eigenvalue weighted by molar-refractivity contribution is 0.0519. The van der Waals surface area contributed by atoms with E-state index in [2.05, 4.69) is 24.0 Å². The van der Waals surface area contributed by atoms with Gasteiger partial charge in [-0.2, -0.15) is 0 Å². The molecule has 0 spiro atoms. The van der Waals surface area contributed by atoms with E-state index >= 15 is 0 Å². The van der Waals surface area contributed by atoms with Gasteiger partial charge in [0.05, 0.1) is 12.4 Å². The maximum atomic E-state index is 11.7. The van der Waals surface area contributed by atoms with E-state index in [-0.39, 0.29) is 5.97 Å². The molecule has 106 valence electrons. The predicted molar refractivity (Wildman–Crippen MR) is 83.5 cm³/mol. The van der Waals surface area contributed by atoms with Gasteiger partial charge in [-0.05, 0) is 32.4 Å². The standard InChI is InChI=1S/C15H17NO2S2/c1-4-18-15(17)14-11(3)20-13(16-14)9-19-12-8-6-5-7-10(12)2/h5-8H,4,9H2,1-3H3. The zero-order chi connectivity index (χ0) is 14.5. The van der Waals surface area contributed by atoms with Gasteiger partial charge in [0.1, 0.15) is 5.01 Å². The maximum absolute atomic E-state index is 11.7. The normalized spacial score (nSPS) is 10.6. The monoisotopic (exact) mass is 307 g/mol. The van der Waals surface area contributed by atoms with Gasteiger partial charge in [0.25, 0.3) is 0 Å². The number of carbonyl (C=O) groups is 1. The van der Waals surface area contributed by atoms with E-state index in [1.807, 2.05) is 19.1 Å². The van der Waals surface area contributed by atoms with E-state index in [4.69, 9.17) is 4.74 Å². The average Bonchev–Trinajstić information content (AvgIpc) is 2.79. The van der Waals surface area contributed by atoms with E-state index in [9.17, 15) is 4.79 Å². The van der Waals surface area contributed by atoms with Gasteiger partial charge in [0.2, 0.25) is 0 Å². The molecule has 0 bridgehead atoms. The summed E-state index contributed by atoms with van der Waals surface area (Å²) >= 11 is 3.30. The van der Waals surface area contributed by atoms with Crippen molar-refractivity contribution in [3.63, 3.8) is 0 Å². The second-order valence-electron chi connectivity index (χ2n) is 4.29. The van der Waals surface area contributed by atoms with Crippen LogP contribution in [0.4, 0.5) is 0 Å². The van der Waals surface area contributed by atoms with Gasteiger partial charge in [-0.1, -0.05) is 18.2 Å². The molecule has 1 aromatic heterocycles. The third-order valence-corrected chi connectivity index (χ3v) is 5.09. The summed E-state index contributed by atoms with van der Waals surface area (Å²) in [6, 6.07) is 8.27. The van der Waals surface area contributed by atoms with Gasteiger partial charge < -0.3 is 4.74 Å². The first-order valence-corrected chi connectivity index (χ1v) is 8.24. The number of hydrogen-bond acceptors (Lipinski definition) is 5. The Morgan fingerprint density at radius 1 is 1.35 bits per heavy atom. The molecule has 0 atom stereocenters. The summed E-state index contributed by atoms with van der Waals surface area (Å²) in [7, 11) is 0. The second kappa shape index (κ2) is 6.90. The van der Waals surface area contributed by atoms with Crippen molar-refractivity contribution >= 4 is 29.1 Å². The van der Waals surface area contributed by atoms with E-state index < -0.39 is 0 Å². The van der Waals surface area contributed by atoms with Gasteiger partial charge in [0.15, 0.2) is 5.69 Å². The Balaban J connectivity index is 2.06. The Bertz CT molecular complexity index is 608. The van der Waals surface area contributed by atoms with E-state index in [1.54, 1.807) is 30.0 Å². The number of thioether (sulfide) groups is 1. The Morgan fingerprint density at radius 2 is 2.10 bits per heavy atom. The minimum atomic E-state index is -0.326. The molecule has 0 unspecified atom stereocenters. The fourth-order valence-electron chi connectivity index (χ4n) is 1.76. The Morgan fingerprint density at radius 3 is 2.80 bits per heavy atom. The van der Waals surface area contributed by atoms with Crippen molar-refractivity contribution < 1.29 is 9.53 Å². The van der Waals surface area contributed by atoms with Crippen LogP contribution in [-0.4, -0.2) is 17.6 Å². The molecule has 3 nitrogen and oxygen atoms in total. The molecular formula is C15H17NO2S2. The van der Waals surface area contributed by atoms with Crippen molar-refractivity contribution in [3.8, 4) is 0 Å². The van der Waals surface area contributed by atoms with Gasteiger partial charge in [0, 0.05) is 9.77 Å². The fraction of sp³-hybridized carbons (Fsp3) is 0.333. The van der Waals surface area contributed by atoms with E-state index in [0.29, 0.717) is 12.3 Å². The van der Waals surface area contributed by atoms with E-state index in [0.717, 1.165) is 15.6 Å². The van der Waals surface area contributed by atoms with Gasteiger partial charge in [-0.25, -0.2) is 9.78 Å². The summed E-state index contributed by atoms with van der Waals surface area (Å²) in [4.78, 5) is 18.3. The molecular weight excluding hydrogens is 290 g/mol. The number of nitrogens with zero attached hydrogens (tertiary/aromatic N) is 1. The quantitative estimate of drug-likeness (QED) is 0.612. The van der Waals surface area contributed by atoms with Crippen LogP contribution in [-0.2, 0) is 10.5 Å². The molecule has 0 saturated carbocycles. The summed E-state index contributed by atoms with van der Waals surface area (Å²) in [6.45, 7) is 6.18. The molecule has 0 N–H and O–H groups in total. The molecule has 0 aliphatic heterocycles. The number of aryl methyl sites for hydroxylation is 2. The van der Waals surface area contributed by atoms with Crippen LogP contribution in [0.2, 0.25) is 0 Å². The minimum Gasteiger partial charge on any atom is -0.461 e. The smallest absolute Gasteiger partial charge is 0.358 e. The van der Waals surface area contributed by atoms with Crippen molar-refractivity contribution in [2.24, 2.45) is 0 Å². The van der Waals surface area contributed by atoms with Crippen molar-refractivity contribution in [2.75, 3.05) is 6.61 Å². The number of esters is 1. The van der Waals surface area contributed by atoms with Crippen LogP contribution >= 0.6 is 23.1 Å². The van der Waals surface area contributed by atoms with Gasteiger partial charge in [-0.15, -0.1) is 23.1 Å². The summed E-state index contributed by atoms with van der Waals surface area (Å²) in [6.07, 6.45) is 0. The molecule has 0 fully saturated rings. The Hall–Kier alpha value is -1.33. The van der Waals surface area contributed by atoms with Crippen LogP contribution in [0.3, 0.4) is 0 Å². The lowest BCUT2D eigenvalue weighted by Gasteiger charge is -2.02. The van der Waals surface area contributed by atoms with Crippen molar-refractivity contribution in [1.29, 1.82) is 0 Å². The Kier molecular flexibility index (Phi) is 5.20. The summed E-state index contributed by atoms with van der Waals surface area (Å²) in [5.41, 5.74) is 1.72. The van der Waals surface area contributed by atoms with Gasteiger partial charge in [-0.3, -0.25) is 0 Å². The molecule has 2 aromatic rings. The molecule has 0 saturated heterocycles. The minimum absolute atomic E-state index is 0.326. The van der Waals surface area contributed by atoms with Crippen molar-refractivity contribution in [1.82, 2.24) is 4.98 Å². The number of hydrogen-bond donors (Lipinski definition) is 0. The Labute approximate surface area is 127 Å². The first kappa shape index (κ1) is 15.1. The van der Waals surface area contributed by atoms with Crippen molar-refractivity contribution in [2.45, 2.75) is 31.4 Å². The maximum Gasteiger partial charge on any atom is 0.358 e. The molecule has 0 amide bonds. The molecule has 20 heavy (non-hydrogen) atoms. The largest absolute Gasteiger partial charge is 0.461 e. The second-order valence-corrected chi connectivity index (χ2v) is 6.59. The SMILES string of the molecule is CCOC(=O)c1nc(CSc2ccccc2C)sc1C. The summed E-state index contributed by atoms with van der Waals surface area (Å²) in [5.74, 6) is 0.448. The van der Waals surface area contributed by atoms with Crippen LogP contribution in [0.25, 0.3) is 0 Å². The lowest BCUT2D eigenvalue weighted by Crippen LogP contribution is -2.06. The molecule has 0 aliphatic rings. The number of benzene rings is 1. The first-order valence-electron chi connectivity index (χ1n) is 6.43. The van der Waals surface area contributed by atoms with Crippen LogP contribution < -0.4 is 0 Å². The zero-order valence-corrected chi connectivity index (χ0v) is 13.4. The third-order valence-electron chi connectivity index (χ3n) is 2.75. The van der Waals surface area contributed by atoms with Crippen LogP contribution in [0.5, 0.6) is 0 Å². The number of carbonyl (C=O) groups excluding carboxylic acids is 1.